The van der Waals surface area contributed by atoms with Crippen molar-refractivity contribution in [3.8, 4) is 0 Å². The average molecular weight is 490 g/mol. The molecule has 4 N–H and O–H groups in total. The van der Waals surface area contributed by atoms with Crippen molar-refractivity contribution in [2.24, 2.45) is 0 Å². The third-order valence-electron chi connectivity index (χ3n) is 4.76. The second kappa shape index (κ2) is 11.2. The van der Waals surface area contributed by atoms with E-state index < -0.39 is 47.2 Å². The molecule has 1 aromatic heterocycles. The highest BCUT2D eigenvalue weighted by Crippen LogP contribution is 2.20. The molecule has 0 aliphatic heterocycles. The third-order valence-corrected chi connectivity index (χ3v) is 4.76. The van der Waals surface area contributed by atoms with Gasteiger partial charge in [0.25, 0.3) is 0 Å². The largest absolute Gasteiger partial charge is 0.481 e. The van der Waals surface area contributed by atoms with E-state index in [1.807, 2.05) is 24.3 Å². The van der Waals surface area contributed by atoms with E-state index in [4.69, 9.17) is 14.6 Å². The average Bonchev–Trinajstić information content (AvgIpc) is 3.10. The standard InChI is InChI=1S/C25H35N3O7/c1-24(2,3)34-22(32)18(11-12-20(29)30)27-21(31)19(28-23(33)35-25(4,5)6)13-15-14-26-17-10-8-7-9-16(15)17/h7-10,14,18-19,26H,11-13H2,1-6H3,(H,27,31)(H,28,33)(H,29,30)/t18-,19+/m1/s1. The van der Waals surface area contributed by atoms with Gasteiger partial charge in [-0.25, -0.2) is 9.59 Å². The fourth-order valence-corrected chi connectivity index (χ4v) is 3.34. The Balaban J connectivity index is 2.28. The van der Waals surface area contributed by atoms with Gasteiger partial charge in [-0.3, -0.25) is 9.59 Å². The van der Waals surface area contributed by atoms with Crippen LogP contribution in [0.3, 0.4) is 0 Å². The highest BCUT2D eigenvalue weighted by Gasteiger charge is 2.31. The van der Waals surface area contributed by atoms with Gasteiger partial charge in [-0.1, -0.05) is 18.2 Å². The lowest BCUT2D eigenvalue weighted by atomic mass is 10.0. The zero-order valence-corrected chi connectivity index (χ0v) is 21.1. The Hall–Kier alpha value is -3.56. The van der Waals surface area contributed by atoms with Gasteiger partial charge in [0, 0.05) is 29.9 Å². The molecule has 10 heteroatoms. The number of rotatable bonds is 9. The van der Waals surface area contributed by atoms with Gasteiger partial charge in [-0.15, -0.1) is 0 Å². The number of hydrogen-bond acceptors (Lipinski definition) is 6. The molecule has 0 unspecified atom stereocenters. The number of benzene rings is 1. The van der Waals surface area contributed by atoms with E-state index in [1.165, 1.54) is 0 Å². The zero-order chi connectivity index (χ0) is 26.4. The Morgan fingerprint density at radius 3 is 2.17 bits per heavy atom. The first-order chi connectivity index (χ1) is 16.1. The van der Waals surface area contributed by atoms with E-state index in [2.05, 4.69) is 15.6 Å². The maximum atomic E-state index is 13.3. The predicted octanol–water partition coefficient (Wildman–Crippen LogP) is 3.30. The van der Waals surface area contributed by atoms with E-state index in [-0.39, 0.29) is 19.3 Å². The van der Waals surface area contributed by atoms with Crippen molar-refractivity contribution < 1.29 is 33.8 Å². The summed E-state index contributed by atoms with van der Waals surface area (Å²) in [5.74, 6) is -2.53. The van der Waals surface area contributed by atoms with E-state index >= 15 is 0 Å². The molecule has 0 spiro atoms. The molecule has 0 radical (unpaired) electrons. The van der Waals surface area contributed by atoms with Crippen molar-refractivity contribution in [3.63, 3.8) is 0 Å². The van der Waals surface area contributed by atoms with Crippen molar-refractivity contribution in [1.82, 2.24) is 15.6 Å². The number of carboxylic acids is 1. The van der Waals surface area contributed by atoms with Crippen LogP contribution >= 0.6 is 0 Å². The summed E-state index contributed by atoms with van der Waals surface area (Å²) in [4.78, 5) is 52.7. The van der Waals surface area contributed by atoms with Gasteiger partial charge in [-0.2, -0.15) is 0 Å². The van der Waals surface area contributed by atoms with Crippen LogP contribution in [0.15, 0.2) is 30.5 Å². The quantitative estimate of drug-likeness (QED) is 0.395. The summed E-state index contributed by atoms with van der Waals surface area (Å²) in [5, 5.41) is 15.1. The number of carbonyl (C=O) groups excluding carboxylic acids is 3. The van der Waals surface area contributed by atoms with Crippen molar-refractivity contribution >= 4 is 34.8 Å². The summed E-state index contributed by atoms with van der Waals surface area (Å²) >= 11 is 0. The number of aromatic amines is 1. The van der Waals surface area contributed by atoms with Gasteiger partial charge in [0.15, 0.2) is 0 Å². The molecule has 35 heavy (non-hydrogen) atoms. The number of alkyl carbamates (subject to hydrolysis) is 1. The van der Waals surface area contributed by atoms with Crippen LogP contribution in [0.25, 0.3) is 10.9 Å². The molecule has 0 aliphatic carbocycles. The molecule has 0 aliphatic rings. The number of hydrogen-bond donors (Lipinski definition) is 4. The SMILES string of the molecule is CC(C)(C)OC(=O)N[C@@H](Cc1c[nH]c2ccccc12)C(=O)N[C@H](CCC(=O)O)C(=O)OC(C)(C)C. The van der Waals surface area contributed by atoms with Gasteiger partial charge in [0.1, 0.15) is 23.3 Å². The number of esters is 1. The molecular weight excluding hydrogens is 454 g/mol. The topological polar surface area (TPSA) is 147 Å². The number of H-pyrrole nitrogens is 1. The van der Waals surface area contributed by atoms with Gasteiger partial charge >= 0.3 is 18.0 Å². The Labute approximate surface area is 204 Å². The van der Waals surface area contributed by atoms with Gasteiger partial charge in [0.05, 0.1) is 0 Å². The molecule has 1 aromatic carbocycles. The minimum atomic E-state index is -1.20. The molecule has 0 fully saturated rings. The maximum Gasteiger partial charge on any atom is 0.408 e. The van der Waals surface area contributed by atoms with Gasteiger partial charge < -0.3 is 30.2 Å². The van der Waals surface area contributed by atoms with Crippen molar-refractivity contribution in [3.05, 3.63) is 36.0 Å². The first kappa shape index (κ1) is 27.7. The number of para-hydroxylation sites is 1. The highest BCUT2D eigenvalue weighted by atomic mass is 16.6. The van der Waals surface area contributed by atoms with Crippen molar-refractivity contribution in [2.45, 2.75) is 84.1 Å². The predicted molar refractivity (Wildman–Crippen MR) is 130 cm³/mol. The van der Waals surface area contributed by atoms with Crippen LogP contribution in [0.4, 0.5) is 4.79 Å². The molecule has 2 amide bonds. The Morgan fingerprint density at radius 2 is 1.57 bits per heavy atom. The molecule has 1 heterocycles. The number of nitrogens with one attached hydrogen (secondary N) is 3. The smallest absolute Gasteiger partial charge is 0.408 e. The molecular formula is C25H35N3O7. The molecule has 0 saturated heterocycles. The Kier molecular flexibility index (Phi) is 8.89. The van der Waals surface area contributed by atoms with Crippen molar-refractivity contribution in [1.29, 1.82) is 0 Å². The summed E-state index contributed by atoms with van der Waals surface area (Å²) in [6.07, 6.45) is 0.544. The molecule has 2 aromatic rings. The summed E-state index contributed by atoms with van der Waals surface area (Å²) < 4.78 is 10.7. The Morgan fingerprint density at radius 1 is 0.943 bits per heavy atom. The maximum absolute atomic E-state index is 13.3. The zero-order valence-electron chi connectivity index (χ0n) is 21.1. The number of fused-ring (bicyclic) bond motifs is 1. The minimum Gasteiger partial charge on any atom is -0.481 e. The molecule has 0 bridgehead atoms. The van der Waals surface area contributed by atoms with Crippen LogP contribution in [-0.2, 0) is 30.3 Å². The first-order valence-corrected chi connectivity index (χ1v) is 11.4. The van der Waals surface area contributed by atoms with E-state index in [0.717, 1.165) is 16.5 Å². The fraction of sp³-hybridized carbons (Fsp3) is 0.520. The summed E-state index contributed by atoms with van der Waals surface area (Å²) in [6, 6.07) is 5.21. The lowest BCUT2D eigenvalue weighted by Gasteiger charge is -2.27. The van der Waals surface area contributed by atoms with Crippen LogP contribution in [-0.4, -0.2) is 57.3 Å². The lowest BCUT2D eigenvalue weighted by molar-refractivity contribution is -0.159. The number of aromatic nitrogens is 1. The number of ether oxygens (including phenoxy) is 2. The fourth-order valence-electron chi connectivity index (χ4n) is 3.34. The van der Waals surface area contributed by atoms with Crippen molar-refractivity contribution in [2.75, 3.05) is 0 Å². The first-order valence-electron chi connectivity index (χ1n) is 11.4. The Bertz CT molecular complexity index is 1060. The second-order valence-corrected chi connectivity index (χ2v) is 10.3. The van der Waals surface area contributed by atoms with Gasteiger partial charge in [0.2, 0.25) is 5.91 Å². The number of carboxylic acid groups (broad SMARTS) is 1. The van der Waals surface area contributed by atoms with Crippen LogP contribution in [0.1, 0.15) is 59.9 Å². The monoisotopic (exact) mass is 489 g/mol. The number of amides is 2. The van der Waals surface area contributed by atoms with Crippen LogP contribution in [0, 0.1) is 0 Å². The molecule has 192 valence electrons. The second-order valence-electron chi connectivity index (χ2n) is 10.3. The van der Waals surface area contributed by atoms with Crippen LogP contribution < -0.4 is 10.6 Å². The number of aliphatic carboxylic acids is 1. The van der Waals surface area contributed by atoms with E-state index in [9.17, 15) is 19.2 Å². The van der Waals surface area contributed by atoms with E-state index in [0.29, 0.717) is 0 Å². The summed E-state index contributed by atoms with van der Waals surface area (Å²) in [5.41, 5.74) is 0.0247. The normalized spacial score (nSPS) is 13.5. The molecule has 0 saturated carbocycles. The van der Waals surface area contributed by atoms with E-state index in [1.54, 1.807) is 47.7 Å². The van der Waals surface area contributed by atoms with Gasteiger partial charge in [-0.05, 0) is 59.6 Å². The highest BCUT2D eigenvalue weighted by molar-refractivity contribution is 5.91. The number of carbonyl (C=O) groups is 4. The summed E-state index contributed by atoms with van der Waals surface area (Å²) in [6.45, 7) is 10.1. The summed E-state index contributed by atoms with van der Waals surface area (Å²) in [7, 11) is 0. The van der Waals surface area contributed by atoms with Crippen LogP contribution in [0.5, 0.6) is 0 Å². The third kappa shape index (κ3) is 9.30. The minimum absolute atomic E-state index is 0.106. The molecule has 10 nitrogen and oxygen atoms in total. The van der Waals surface area contributed by atoms with Crippen LogP contribution in [0.2, 0.25) is 0 Å². The molecule has 2 atom stereocenters. The molecule has 2 rings (SSSR count). The lowest BCUT2D eigenvalue weighted by Crippen LogP contribution is -2.54.